The second kappa shape index (κ2) is 7.61. The van der Waals surface area contributed by atoms with Gasteiger partial charge in [-0.25, -0.2) is 4.39 Å². The zero-order valence-electron chi connectivity index (χ0n) is 12.4. The standard InChI is InChI=1S/C16H17ClFNO2S/c1-21-16-6-3-11(7-15(16)18)9-19-13-4-5-14(17)12(8-13)10-22(2)20/h3-8,19H,9-10H2,1-2H3/t22-/m0/s1. The van der Waals surface area contributed by atoms with Crippen LogP contribution in [0.3, 0.4) is 0 Å². The molecule has 118 valence electrons. The van der Waals surface area contributed by atoms with E-state index in [0.717, 1.165) is 16.8 Å². The molecule has 0 saturated heterocycles. The van der Waals surface area contributed by atoms with Crippen LogP contribution in [0.4, 0.5) is 10.1 Å². The Bertz CT molecular complexity index is 694. The molecule has 22 heavy (non-hydrogen) atoms. The van der Waals surface area contributed by atoms with Crippen molar-refractivity contribution in [3.8, 4) is 5.75 Å². The summed E-state index contributed by atoms with van der Waals surface area (Å²) in [7, 11) is 0.476. The molecule has 0 aliphatic rings. The van der Waals surface area contributed by atoms with Crippen LogP contribution in [-0.2, 0) is 23.1 Å². The summed E-state index contributed by atoms with van der Waals surface area (Å²) in [5, 5.41) is 3.80. The van der Waals surface area contributed by atoms with Crippen molar-refractivity contribution in [1.82, 2.24) is 0 Å². The smallest absolute Gasteiger partial charge is 0.165 e. The molecule has 6 heteroatoms. The zero-order chi connectivity index (χ0) is 16.1. The zero-order valence-corrected chi connectivity index (χ0v) is 13.9. The van der Waals surface area contributed by atoms with E-state index in [1.54, 1.807) is 24.5 Å². The molecular weight excluding hydrogens is 325 g/mol. The molecule has 0 bridgehead atoms. The minimum absolute atomic E-state index is 0.225. The second-order valence-electron chi connectivity index (χ2n) is 4.85. The molecule has 0 fully saturated rings. The fourth-order valence-corrected chi connectivity index (χ4v) is 2.98. The van der Waals surface area contributed by atoms with Crippen LogP contribution in [-0.4, -0.2) is 17.6 Å². The van der Waals surface area contributed by atoms with Gasteiger partial charge in [0.15, 0.2) is 11.6 Å². The molecule has 0 heterocycles. The van der Waals surface area contributed by atoms with Crippen LogP contribution in [0.25, 0.3) is 0 Å². The molecule has 1 N–H and O–H groups in total. The van der Waals surface area contributed by atoms with Crippen LogP contribution < -0.4 is 10.1 Å². The Morgan fingerprint density at radius 2 is 2.05 bits per heavy atom. The van der Waals surface area contributed by atoms with Crippen molar-refractivity contribution in [2.75, 3.05) is 18.7 Å². The lowest BCUT2D eigenvalue weighted by Gasteiger charge is -2.10. The number of benzene rings is 2. The Morgan fingerprint density at radius 1 is 1.27 bits per heavy atom. The third kappa shape index (κ3) is 4.45. The molecule has 1 atom stereocenters. The highest BCUT2D eigenvalue weighted by Gasteiger charge is 2.06. The van der Waals surface area contributed by atoms with Crippen LogP contribution in [0, 0.1) is 5.82 Å². The highest BCUT2D eigenvalue weighted by atomic mass is 35.5. The third-order valence-corrected chi connectivity index (χ3v) is 4.20. The number of rotatable bonds is 6. The van der Waals surface area contributed by atoms with E-state index in [-0.39, 0.29) is 11.6 Å². The van der Waals surface area contributed by atoms with Gasteiger partial charge < -0.3 is 10.1 Å². The van der Waals surface area contributed by atoms with E-state index in [1.165, 1.54) is 13.2 Å². The minimum Gasteiger partial charge on any atom is -0.494 e. The molecule has 2 aromatic rings. The van der Waals surface area contributed by atoms with Crippen molar-refractivity contribution in [1.29, 1.82) is 0 Å². The lowest BCUT2D eigenvalue weighted by atomic mass is 10.2. The van der Waals surface area contributed by atoms with Crippen LogP contribution in [0.5, 0.6) is 5.75 Å². The summed E-state index contributed by atoms with van der Waals surface area (Å²) >= 11 is 6.09. The van der Waals surface area contributed by atoms with E-state index in [0.29, 0.717) is 17.3 Å². The quantitative estimate of drug-likeness (QED) is 0.863. The van der Waals surface area contributed by atoms with Crippen molar-refractivity contribution in [3.05, 3.63) is 58.4 Å². The number of halogens is 2. The predicted octanol–water partition coefficient (Wildman–Crippen LogP) is 3.98. The first-order chi connectivity index (χ1) is 10.5. The Hall–Kier alpha value is -1.59. The molecular formula is C16H17ClFNO2S. The fourth-order valence-electron chi connectivity index (χ4n) is 2.04. The molecule has 0 unspecified atom stereocenters. The van der Waals surface area contributed by atoms with Crippen LogP contribution in [0.15, 0.2) is 36.4 Å². The highest BCUT2D eigenvalue weighted by Crippen LogP contribution is 2.23. The summed E-state index contributed by atoms with van der Waals surface area (Å²) < 4.78 is 29.9. The Morgan fingerprint density at radius 3 is 2.68 bits per heavy atom. The lowest BCUT2D eigenvalue weighted by molar-refractivity contribution is 0.386. The average Bonchev–Trinajstić information content (AvgIpc) is 2.47. The van der Waals surface area contributed by atoms with Gasteiger partial charge in [-0.2, -0.15) is 0 Å². The Kier molecular flexibility index (Phi) is 5.80. The third-order valence-electron chi connectivity index (χ3n) is 3.12. The van der Waals surface area contributed by atoms with E-state index in [1.807, 2.05) is 12.1 Å². The first-order valence-electron chi connectivity index (χ1n) is 6.64. The van der Waals surface area contributed by atoms with Crippen LogP contribution >= 0.6 is 11.6 Å². The van der Waals surface area contributed by atoms with Gasteiger partial charge in [0.1, 0.15) is 0 Å². The van der Waals surface area contributed by atoms with Crippen molar-refractivity contribution >= 4 is 28.1 Å². The molecule has 0 amide bonds. The maximum absolute atomic E-state index is 13.6. The van der Waals surface area contributed by atoms with E-state index >= 15 is 0 Å². The molecule has 2 rings (SSSR count). The summed E-state index contributed by atoms with van der Waals surface area (Å²) in [5.41, 5.74) is 2.48. The first kappa shape index (κ1) is 16.8. The molecule has 0 aliphatic carbocycles. The van der Waals surface area contributed by atoms with Gasteiger partial charge >= 0.3 is 0 Å². The van der Waals surface area contributed by atoms with E-state index in [2.05, 4.69) is 5.32 Å². The topological polar surface area (TPSA) is 38.3 Å². The molecule has 0 spiro atoms. The maximum Gasteiger partial charge on any atom is 0.165 e. The predicted molar refractivity (Wildman–Crippen MR) is 89.5 cm³/mol. The molecule has 3 nitrogen and oxygen atoms in total. The van der Waals surface area contributed by atoms with Gasteiger partial charge in [-0.05, 0) is 41.5 Å². The monoisotopic (exact) mass is 341 g/mol. The van der Waals surface area contributed by atoms with Crippen LogP contribution in [0.2, 0.25) is 5.02 Å². The summed E-state index contributed by atoms with van der Waals surface area (Å²) in [6.07, 6.45) is 1.64. The number of anilines is 1. The van der Waals surface area contributed by atoms with Gasteiger partial charge in [0.25, 0.3) is 0 Å². The molecule has 0 radical (unpaired) electrons. The normalized spacial score (nSPS) is 12.0. The van der Waals surface area contributed by atoms with Crippen molar-refractivity contribution < 1.29 is 13.3 Å². The highest BCUT2D eigenvalue weighted by molar-refractivity contribution is 7.83. The number of nitrogens with one attached hydrogen (secondary N) is 1. The number of hydrogen-bond acceptors (Lipinski definition) is 3. The van der Waals surface area contributed by atoms with Gasteiger partial charge in [0.05, 0.1) is 7.11 Å². The number of hydrogen-bond donors (Lipinski definition) is 1. The van der Waals surface area contributed by atoms with Crippen molar-refractivity contribution in [3.63, 3.8) is 0 Å². The van der Waals surface area contributed by atoms with E-state index in [4.69, 9.17) is 16.3 Å². The van der Waals surface area contributed by atoms with Gasteiger partial charge in [-0.1, -0.05) is 17.7 Å². The summed E-state index contributed by atoms with van der Waals surface area (Å²) in [5.74, 6) is 0.244. The largest absolute Gasteiger partial charge is 0.494 e. The molecule has 0 saturated carbocycles. The fraction of sp³-hybridized carbons (Fsp3) is 0.250. The van der Waals surface area contributed by atoms with Crippen molar-refractivity contribution in [2.24, 2.45) is 0 Å². The molecule has 0 aliphatic heterocycles. The molecule has 2 aromatic carbocycles. The van der Waals surface area contributed by atoms with E-state index < -0.39 is 10.8 Å². The Balaban J connectivity index is 2.08. The van der Waals surface area contributed by atoms with Gasteiger partial charge in [-0.3, -0.25) is 4.21 Å². The number of methoxy groups -OCH3 is 1. The van der Waals surface area contributed by atoms with Gasteiger partial charge in [0, 0.05) is 40.1 Å². The lowest BCUT2D eigenvalue weighted by Crippen LogP contribution is -2.02. The second-order valence-corrected chi connectivity index (χ2v) is 6.69. The maximum atomic E-state index is 13.6. The summed E-state index contributed by atoms with van der Waals surface area (Å²) in [6.45, 7) is 0.469. The molecule has 0 aromatic heterocycles. The first-order valence-corrected chi connectivity index (χ1v) is 8.75. The SMILES string of the molecule is COc1ccc(CNc2ccc(Cl)c(C[S@](C)=O)c2)cc1F. The number of ether oxygens (including phenoxy) is 1. The van der Waals surface area contributed by atoms with E-state index in [9.17, 15) is 8.60 Å². The van der Waals surface area contributed by atoms with Crippen molar-refractivity contribution in [2.45, 2.75) is 12.3 Å². The Labute approximate surface area is 136 Å². The van der Waals surface area contributed by atoms with Crippen LogP contribution in [0.1, 0.15) is 11.1 Å². The summed E-state index contributed by atoms with van der Waals surface area (Å²) in [6, 6.07) is 10.3. The summed E-state index contributed by atoms with van der Waals surface area (Å²) in [4.78, 5) is 0. The van der Waals surface area contributed by atoms with Gasteiger partial charge in [0.2, 0.25) is 0 Å². The average molecular weight is 342 g/mol. The minimum atomic E-state index is -0.958. The van der Waals surface area contributed by atoms with Gasteiger partial charge in [-0.15, -0.1) is 0 Å².